The van der Waals surface area contributed by atoms with E-state index in [-0.39, 0.29) is 6.03 Å². The number of morpholine rings is 1. The van der Waals surface area contributed by atoms with Crippen LogP contribution < -0.4 is 0 Å². The van der Waals surface area contributed by atoms with Crippen LogP contribution in [0.4, 0.5) is 4.79 Å². The molecule has 2 aliphatic rings. The summed E-state index contributed by atoms with van der Waals surface area (Å²) in [6.07, 6.45) is 4.46. The number of likely N-dealkylation sites (tertiary alicyclic amines) is 1. The van der Waals surface area contributed by atoms with Crippen molar-refractivity contribution < 1.29 is 9.53 Å². The minimum absolute atomic E-state index is 0.136. The van der Waals surface area contributed by atoms with Crippen molar-refractivity contribution >= 4 is 6.03 Å². The molecule has 0 saturated carbocycles. The van der Waals surface area contributed by atoms with E-state index in [0.29, 0.717) is 32.3 Å². The molecule has 2 amide bonds. The van der Waals surface area contributed by atoms with E-state index in [2.05, 4.69) is 11.2 Å². The molecule has 1 aromatic heterocycles. The number of amides is 2. The molecule has 1 aromatic rings. The standard InChI is InChI=1S/C12H17N4O2/c17-12(14-6-8-18-9-7-14)15-5-2-11(10-15)16-4-1-3-13-16/h3-4,11H,2,5-10H2. The van der Waals surface area contributed by atoms with Gasteiger partial charge in [-0.1, -0.05) is 0 Å². The second-order valence-corrected chi connectivity index (χ2v) is 4.69. The Kier molecular flexibility index (Phi) is 3.19. The first kappa shape index (κ1) is 11.5. The Morgan fingerprint density at radius 3 is 2.83 bits per heavy atom. The highest BCUT2D eigenvalue weighted by Gasteiger charge is 2.30. The molecule has 6 nitrogen and oxygen atoms in total. The number of urea groups is 1. The van der Waals surface area contributed by atoms with Gasteiger partial charge in [-0.2, -0.15) is 5.10 Å². The van der Waals surface area contributed by atoms with E-state index in [1.54, 1.807) is 6.20 Å². The van der Waals surface area contributed by atoms with Crippen molar-refractivity contribution in [1.82, 2.24) is 19.6 Å². The van der Waals surface area contributed by atoms with Crippen LogP contribution in [-0.2, 0) is 4.74 Å². The van der Waals surface area contributed by atoms with Gasteiger partial charge >= 0.3 is 6.03 Å². The second kappa shape index (κ2) is 4.97. The number of carbonyl (C=O) groups is 1. The lowest BCUT2D eigenvalue weighted by atomic mass is 10.3. The second-order valence-electron chi connectivity index (χ2n) is 4.69. The number of rotatable bonds is 1. The SMILES string of the molecule is O=C(N1CCOCC1)N1CCC(n2c[c]cn2)C1. The average Bonchev–Trinajstić information content (AvgIpc) is 3.09. The van der Waals surface area contributed by atoms with E-state index >= 15 is 0 Å². The molecular formula is C12H17N4O2. The molecule has 0 spiro atoms. The summed E-state index contributed by atoms with van der Waals surface area (Å²) in [4.78, 5) is 16.1. The van der Waals surface area contributed by atoms with Gasteiger partial charge in [0.25, 0.3) is 0 Å². The van der Waals surface area contributed by atoms with Crippen molar-refractivity contribution in [1.29, 1.82) is 0 Å². The quantitative estimate of drug-likeness (QED) is 0.723. The predicted octanol–water partition coefficient (Wildman–Crippen LogP) is 0.382. The summed E-state index contributed by atoms with van der Waals surface area (Å²) in [5.74, 6) is 0. The molecule has 3 heterocycles. The van der Waals surface area contributed by atoms with Crippen LogP contribution in [0.1, 0.15) is 12.5 Å². The minimum Gasteiger partial charge on any atom is -0.378 e. The lowest BCUT2D eigenvalue weighted by Gasteiger charge is -2.30. The Bertz CT molecular complexity index is 400. The zero-order valence-corrected chi connectivity index (χ0v) is 10.3. The highest BCUT2D eigenvalue weighted by Crippen LogP contribution is 2.21. The van der Waals surface area contributed by atoms with Gasteiger partial charge in [-0.25, -0.2) is 4.79 Å². The monoisotopic (exact) mass is 249 g/mol. The molecular weight excluding hydrogens is 232 g/mol. The zero-order valence-electron chi connectivity index (χ0n) is 10.3. The fraction of sp³-hybridized carbons (Fsp3) is 0.667. The Balaban J connectivity index is 1.59. The van der Waals surface area contributed by atoms with Gasteiger partial charge in [0.1, 0.15) is 0 Å². The van der Waals surface area contributed by atoms with E-state index in [1.165, 1.54) is 0 Å². The van der Waals surface area contributed by atoms with Crippen molar-refractivity contribution in [3.05, 3.63) is 18.5 Å². The summed E-state index contributed by atoms with van der Waals surface area (Å²) >= 11 is 0. The van der Waals surface area contributed by atoms with E-state index in [1.807, 2.05) is 20.7 Å². The lowest BCUT2D eigenvalue weighted by molar-refractivity contribution is 0.0449. The third kappa shape index (κ3) is 2.20. The summed E-state index contributed by atoms with van der Waals surface area (Å²) in [5.41, 5.74) is 0. The molecule has 1 unspecified atom stereocenters. The molecule has 1 radical (unpaired) electrons. The maximum atomic E-state index is 12.3. The van der Waals surface area contributed by atoms with E-state index in [0.717, 1.165) is 19.5 Å². The molecule has 0 bridgehead atoms. The maximum Gasteiger partial charge on any atom is 0.320 e. The van der Waals surface area contributed by atoms with Crippen LogP contribution in [0.2, 0.25) is 0 Å². The topological polar surface area (TPSA) is 50.6 Å². The molecule has 0 aliphatic carbocycles. The van der Waals surface area contributed by atoms with Gasteiger partial charge in [-0.3, -0.25) is 4.68 Å². The van der Waals surface area contributed by atoms with E-state index in [9.17, 15) is 4.79 Å². The summed E-state index contributed by atoms with van der Waals surface area (Å²) in [6.45, 7) is 4.26. The van der Waals surface area contributed by atoms with Crippen LogP contribution in [0.5, 0.6) is 0 Å². The molecule has 2 saturated heterocycles. The first-order valence-corrected chi connectivity index (χ1v) is 6.36. The third-order valence-corrected chi connectivity index (χ3v) is 3.56. The number of ether oxygens (including phenoxy) is 1. The zero-order chi connectivity index (χ0) is 12.4. The van der Waals surface area contributed by atoms with Gasteiger partial charge in [0.05, 0.1) is 25.5 Å². The highest BCUT2D eigenvalue weighted by atomic mass is 16.5. The number of nitrogens with zero attached hydrogens (tertiary/aromatic N) is 4. The van der Waals surface area contributed by atoms with Gasteiger partial charge in [-0.05, 0) is 6.42 Å². The van der Waals surface area contributed by atoms with Gasteiger partial charge in [0.15, 0.2) is 0 Å². The fourth-order valence-corrected chi connectivity index (χ4v) is 2.53. The van der Waals surface area contributed by atoms with Crippen molar-refractivity contribution in [2.75, 3.05) is 39.4 Å². The molecule has 0 aromatic carbocycles. The van der Waals surface area contributed by atoms with E-state index < -0.39 is 0 Å². The molecule has 2 aliphatic heterocycles. The molecule has 97 valence electrons. The molecule has 18 heavy (non-hydrogen) atoms. The summed E-state index contributed by atoms with van der Waals surface area (Å²) in [5, 5.41) is 4.19. The highest BCUT2D eigenvalue weighted by molar-refractivity contribution is 5.74. The van der Waals surface area contributed by atoms with Crippen molar-refractivity contribution in [2.45, 2.75) is 12.5 Å². The van der Waals surface area contributed by atoms with Crippen molar-refractivity contribution in [3.63, 3.8) is 0 Å². The van der Waals surface area contributed by atoms with Gasteiger partial charge in [-0.15, -0.1) is 0 Å². The van der Waals surface area contributed by atoms with Crippen LogP contribution in [0, 0.1) is 6.07 Å². The van der Waals surface area contributed by atoms with Gasteiger partial charge in [0.2, 0.25) is 0 Å². The van der Waals surface area contributed by atoms with Crippen molar-refractivity contribution in [2.24, 2.45) is 0 Å². The number of carbonyl (C=O) groups excluding carboxylic acids is 1. The number of hydrogen-bond donors (Lipinski definition) is 0. The molecule has 1 atom stereocenters. The molecule has 2 fully saturated rings. The minimum atomic E-state index is 0.136. The fourth-order valence-electron chi connectivity index (χ4n) is 2.53. The van der Waals surface area contributed by atoms with E-state index in [4.69, 9.17) is 4.74 Å². The lowest BCUT2D eigenvalue weighted by Crippen LogP contribution is -2.47. The van der Waals surface area contributed by atoms with Gasteiger partial charge in [0, 0.05) is 38.4 Å². The summed E-state index contributed by atoms with van der Waals surface area (Å²) in [7, 11) is 0. The first-order valence-electron chi connectivity index (χ1n) is 6.36. The van der Waals surface area contributed by atoms with Crippen LogP contribution in [0.15, 0.2) is 12.4 Å². The normalized spacial score (nSPS) is 24.6. The van der Waals surface area contributed by atoms with Crippen LogP contribution in [0.3, 0.4) is 0 Å². The smallest absolute Gasteiger partial charge is 0.320 e. The Morgan fingerprint density at radius 2 is 2.11 bits per heavy atom. The van der Waals surface area contributed by atoms with Crippen LogP contribution >= 0.6 is 0 Å². The Labute approximate surface area is 106 Å². The molecule has 0 N–H and O–H groups in total. The average molecular weight is 249 g/mol. The Hall–Kier alpha value is -1.56. The number of aromatic nitrogens is 2. The van der Waals surface area contributed by atoms with Crippen LogP contribution in [-0.4, -0.2) is 65.0 Å². The predicted molar refractivity (Wildman–Crippen MR) is 64.1 cm³/mol. The van der Waals surface area contributed by atoms with Crippen molar-refractivity contribution in [3.8, 4) is 0 Å². The largest absolute Gasteiger partial charge is 0.378 e. The maximum absolute atomic E-state index is 12.3. The first-order chi connectivity index (χ1) is 8.84. The molecule has 3 rings (SSSR count). The number of hydrogen-bond acceptors (Lipinski definition) is 3. The van der Waals surface area contributed by atoms with Gasteiger partial charge < -0.3 is 14.5 Å². The summed E-state index contributed by atoms with van der Waals surface area (Å²) in [6, 6.07) is 3.36. The molecule has 6 heteroatoms. The third-order valence-electron chi connectivity index (χ3n) is 3.56. The summed E-state index contributed by atoms with van der Waals surface area (Å²) < 4.78 is 7.16. The Morgan fingerprint density at radius 1 is 1.28 bits per heavy atom. The van der Waals surface area contributed by atoms with Crippen LogP contribution in [0.25, 0.3) is 0 Å².